The van der Waals surface area contributed by atoms with Gasteiger partial charge in [-0.1, -0.05) is 29.3 Å². The number of halogens is 1. The first-order valence-corrected chi connectivity index (χ1v) is 9.68. The van der Waals surface area contributed by atoms with Crippen molar-refractivity contribution >= 4 is 11.6 Å². The van der Waals surface area contributed by atoms with Crippen molar-refractivity contribution in [3.05, 3.63) is 63.8 Å². The van der Waals surface area contributed by atoms with Crippen LogP contribution in [0.5, 0.6) is 17.2 Å². The lowest BCUT2D eigenvalue weighted by molar-refractivity contribution is 0.378. The Bertz CT molecular complexity index is 821. The topological polar surface area (TPSA) is 30.5 Å². The zero-order chi connectivity index (χ0) is 17.9. The molecule has 0 spiro atoms. The van der Waals surface area contributed by atoms with Gasteiger partial charge in [0, 0.05) is 23.3 Å². The number of benzene rings is 2. The molecule has 2 aromatic carbocycles. The van der Waals surface area contributed by atoms with E-state index in [0.29, 0.717) is 11.5 Å². The maximum Gasteiger partial charge on any atom is 0.169 e. The molecule has 1 N–H and O–H groups in total. The molecule has 2 aromatic rings. The highest BCUT2D eigenvalue weighted by atomic mass is 35.5. The maximum absolute atomic E-state index is 6.47. The zero-order valence-electron chi connectivity index (χ0n) is 15.1. The number of fused-ring (bicyclic) bond motifs is 7. The zero-order valence-corrected chi connectivity index (χ0v) is 15.9. The van der Waals surface area contributed by atoms with Crippen molar-refractivity contribution < 1.29 is 9.47 Å². The number of ether oxygens (including phenoxy) is 2. The van der Waals surface area contributed by atoms with Gasteiger partial charge in [-0.25, -0.2) is 0 Å². The molecule has 3 aliphatic rings. The lowest BCUT2D eigenvalue weighted by Gasteiger charge is -2.24. The predicted molar refractivity (Wildman–Crippen MR) is 105 cm³/mol. The molecule has 0 aromatic heterocycles. The monoisotopic (exact) mass is 369 g/mol. The van der Waals surface area contributed by atoms with E-state index in [1.807, 2.05) is 24.3 Å². The minimum absolute atomic E-state index is 0.653. The van der Waals surface area contributed by atoms with Gasteiger partial charge in [-0.3, -0.25) is 0 Å². The number of hydrogen-bond acceptors (Lipinski definition) is 3. The average molecular weight is 370 g/mol. The minimum Gasteiger partial charge on any atom is -0.493 e. The van der Waals surface area contributed by atoms with Crippen LogP contribution in [0, 0.1) is 0 Å². The van der Waals surface area contributed by atoms with Crippen LogP contribution in [-0.2, 0) is 12.8 Å². The summed E-state index contributed by atoms with van der Waals surface area (Å²) >= 11 is 6.47. The summed E-state index contributed by atoms with van der Waals surface area (Å²) in [6.07, 6.45) is 6.76. The third-order valence-corrected chi connectivity index (χ3v) is 5.62. The van der Waals surface area contributed by atoms with E-state index in [2.05, 4.69) is 17.4 Å². The Kier molecular flexibility index (Phi) is 5.07. The van der Waals surface area contributed by atoms with Crippen molar-refractivity contribution in [3.8, 4) is 17.2 Å². The van der Waals surface area contributed by atoms with E-state index in [4.69, 9.17) is 21.1 Å². The lowest BCUT2D eigenvalue weighted by atomic mass is 9.88. The van der Waals surface area contributed by atoms with E-state index < -0.39 is 0 Å². The van der Waals surface area contributed by atoms with Gasteiger partial charge in [-0.05, 0) is 67.9 Å². The second-order valence-corrected chi connectivity index (χ2v) is 7.36. The fourth-order valence-electron chi connectivity index (χ4n) is 3.52. The predicted octanol–water partition coefficient (Wildman–Crippen LogP) is 5.66. The third-order valence-electron chi connectivity index (χ3n) is 5.26. The minimum atomic E-state index is 0.653. The first kappa shape index (κ1) is 17.3. The number of allylic oxidation sites excluding steroid dienone is 2. The van der Waals surface area contributed by atoms with Gasteiger partial charge in [0.15, 0.2) is 11.5 Å². The van der Waals surface area contributed by atoms with E-state index >= 15 is 0 Å². The molecular weight excluding hydrogens is 346 g/mol. The van der Waals surface area contributed by atoms with Crippen LogP contribution in [0.15, 0.2) is 47.7 Å². The van der Waals surface area contributed by atoms with E-state index in [1.165, 1.54) is 30.5 Å². The summed E-state index contributed by atoms with van der Waals surface area (Å²) in [6, 6.07) is 12.2. The van der Waals surface area contributed by atoms with Crippen LogP contribution in [0.4, 0.5) is 0 Å². The van der Waals surface area contributed by atoms with Crippen molar-refractivity contribution in [2.24, 2.45) is 0 Å². The van der Waals surface area contributed by atoms with Crippen molar-refractivity contribution in [1.29, 1.82) is 0 Å². The molecule has 4 bridgehead atoms. The largest absolute Gasteiger partial charge is 0.493 e. The van der Waals surface area contributed by atoms with Crippen molar-refractivity contribution in [1.82, 2.24) is 5.32 Å². The summed E-state index contributed by atoms with van der Waals surface area (Å²) in [7, 11) is 1.64. The summed E-state index contributed by atoms with van der Waals surface area (Å²) in [6.45, 7) is 0.877. The summed E-state index contributed by atoms with van der Waals surface area (Å²) < 4.78 is 11.5. The fraction of sp³-hybridized carbons (Fsp3) is 0.364. The highest BCUT2D eigenvalue weighted by Gasteiger charge is 2.16. The van der Waals surface area contributed by atoms with E-state index in [0.717, 1.165) is 42.1 Å². The van der Waals surface area contributed by atoms with Crippen LogP contribution >= 0.6 is 11.6 Å². The SMILES string of the molecule is COc1cc(Cl)c2cc1Oc1ccc(cc1)CCC(=C1CCC1)NCC2. The van der Waals surface area contributed by atoms with Crippen LogP contribution in [0.3, 0.4) is 0 Å². The van der Waals surface area contributed by atoms with Crippen molar-refractivity contribution in [2.45, 2.75) is 38.5 Å². The molecule has 1 fully saturated rings. The van der Waals surface area contributed by atoms with Gasteiger partial charge in [0.1, 0.15) is 5.75 Å². The van der Waals surface area contributed by atoms with Gasteiger partial charge >= 0.3 is 0 Å². The first-order chi connectivity index (χ1) is 12.7. The molecule has 4 heteroatoms. The number of nitrogens with one attached hydrogen (secondary N) is 1. The summed E-state index contributed by atoms with van der Waals surface area (Å²) in [4.78, 5) is 0. The fourth-order valence-corrected chi connectivity index (χ4v) is 3.77. The summed E-state index contributed by atoms with van der Waals surface area (Å²) in [5.74, 6) is 2.17. The molecule has 0 radical (unpaired) electrons. The normalized spacial score (nSPS) is 17.0. The molecule has 2 heterocycles. The van der Waals surface area contributed by atoms with Gasteiger partial charge in [-0.15, -0.1) is 0 Å². The Balaban J connectivity index is 1.70. The van der Waals surface area contributed by atoms with Gasteiger partial charge in [-0.2, -0.15) is 0 Å². The number of rotatable bonds is 1. The second-order valence-electron chi connectivity index (χ2n) is 6.95. The molecule has 136 valence electrons. The highest BCUT2D eigenvalue weighted by Crippen LogP contribution is 2.37. The molecule has 0 atom stereocenters. The van der Waals surface area contributed by atoms with Gasteiger partial charge in [0.2, 0.25) is 0 Å². The molecule has 0 unspecified atom stereocenters. The molecule has 3 nitrogen and oxygen atoms in total. The Labute approximate surface area is 160 Å². The van der Waals surface area contributed by atoms with E-state index in [1.54, 1.807) is 12.7 Å². The van der Waals surface area contributed by atoms with Crippen LogP contribution in [-0.4, -0.2) is 13.7 Å². The van der Waals surface area contributed by atoms with Crippen LogP contribution < -0.4 is 14.8 Å². The maximum atomic E-state index is 6.47. The summed E-state index contributed by atoms with van der Waals surface area (Å²) in [5.41, 5.74) is 5.43. The molecule has 1 saturated carbocycles. The summed E-state index contributed by atoms with van der Waals surface area (Å²) in [5, 5.41) is 4.40. The van der Waals surface area contributed by atoms with Gasteiger partial charge in [0.05, 0.1) is 7.11 Å². The van der Waals surface area contributed by atoms with Crippen LogP contribution in [0.1, 0.15) is 36.8 Å². The van der Waals surface area contributed by atoms with E-state index in [9.17, 15) is 0 Å². The third kappa shape index (κ3) is 3.68. The Morgan fingerprint density at radius 1 is 1.00 bits per heavy atom. The second kappa shape index (κ2) is 7.63. The molecule has 0 amide bonds. The quantitative estimate of drug-likeness (QED) is 0.703. The van der Waals surface area contributed by atoms with Crippen molar-refractivity contribution in [3.63, 3.8) is 0 Å². The molecular formula is C22H24ClNO2. The van der Waals surface area contributed by atoms with Crippen LogP contribution in [0.2, 0.25) is 5.02 Å². The first-order valence-electron chi connectivity index (χ1n) is 9.31. The number of hydrogen-bond donors (Lipinski definition) is 1. The Hall–Kier alpha value is -2.13. The van der Waals surface area contributed by atoms with Crippen LogP contribution in [0.25, 0.3) is 0 Å². The molecule has 5 rings (SSSR count). The smallest absolute Gasteiger partial charge is 0.169 e. The van der Waals surface area contributed by atoms with Gasteiger partial charge in [0.25, 0.3) is 0 Å². The lowest BCUT2D eigenvalue weighted by Crippen LogP contribution is -2.21. The van der Waals surface area contributed by atoms with Gasteiger partial charge < -0.3 is 14.8 Å². The standard InChI is InChI=1S/C22H24ClNO2/c1-25-21-14-19(23)17-11-12-24-20(16-3-2-4-16)10-7-15-5-8-18(9-6-15)26-22(21)13-17/h5-6,8-9,13-14,24H,2-4,7,10-12H2,1H3. The Morgan fingerprint density at radius 2 is 1.81 bits per heavy atom. The number of methoxy groups -OCH3 is 1. The molecule has 1 aliphatic carbocycles. The average Bonchev–Trinajstić information content (AvgIpc) is 2.61. The molecule has 0 saturated heterocycles. The highest BCUT2D eigenvalue weighted by molar-refractivity contribution is 6.31. The molecule has 2 aliphatic heterocycles. The van der Waals surface area contributed by atoms with Crippen molar-refractivity contribution in [2.75, 3.05) is 13.7 Å². The Morgan fingerprint density at radius 3 is 2.50 bits per heavy atom. The molecule has 26 heavy (non-hydrogen) atoms. The number of aryl methyl sites for hydroxylation is 1. The van der Waals surface area contributed by atoms with E-state index in [-0.39, 0.29) is 0 Å².